The molecular weight excluding hydrogens is 248 g/mol. The van der Waals surface area contributed by atoms with Gasteiger partial charge in [0.2, 0.25) is 0 Å². The summed E-state index contributed by atoms with van der Waals surface area (Å²) in [6.45, 7) is 0. The monoisotopic (exact) mass is 260 g/mol. The van der Waals surface area contributed by atoms with Gasteiger partial charge in [0.15, 0.2) is 0 Å². The van der Waals surface area contributed by atoms with Crippen molar-refractivity contribution in [3.05, 3.63) is 39.9 Å². The van der Waals surface area contributed by atoms with Gasteiger partial charge in [0.1, 0.15) is 6.04 Å². The van der Waals surface area contributed by atoms with Gasteiger partial charge in [0.05, 0.1) is 4.92 Å². The molecule has 0 saturated heterocycles. The molecule has 0 fully saturated rings. The Morgan fingerprint density at radius 1 is 1.47 bits per heavy atom. The Kier molecular flexibility index (Phi) is 6.85. The second-order valence-electron chi connectivity index (χ2n) is 3.07. The van der Waals surface area contributed by atoms with E-state index in [1.54, 1.807) is 0 Å². The number of rotatable bonds is 4. The van der Waals surface area contributed by atoms with Crippen LogP contribution in [0.2, 0.25) is 0 Å². The van der Waals surface area contributed by atoms with Crippen molar-refractivity contribution in [1.82, 2.24) is 0 Å². The minimum atomic E-state index is -1.09. The first-order valence-electron chi connectivity index (χ1n) is 4.60. The van der Waals surface area contributed by atoms with Crippen LogP contribution < -0.4 is 5.73 Å². The zero-order valence-corrected chi connectivity index (χ0v) is 9.92. The SMILES string of the molecule is CCl.N[C@@H](Cc1ccc([N+](=O)[O-])cc1)C(=O)O. The van der Waals surface area contributed by atoms with Crippen molar-refractivity contribution in [2.45, 2.75) is 12.5 Å². The summed E-state index contributed by atoms with van der Waals surface area (Å²) in [6, 6.07) is 4.67. The van der Waals surface area contributed by atoms with E-state index in [4.69, 9.17) is 10.8 Å². The maximum absolute atomic E-state index is 10.4. The lowest BCUT2D eigenvalue weighted by Crippen LogP contribution is -2.32. The molecule has 0 aliphatic carbocycles. The van der Waals surface area contributed by atoms with Gasteiger partial charge < -0.3 is 10.8 Å². The highest BCUT2D eigenvalue weighted by Crippen LogP contribution is 2.12. The van der Waals surface area contributed by atoms with E-state index in [-0.39, 0.29) is 12.1 Å². The van der Waals surface area contributed by atoms with Crippen molar-refractivity contribution in [1.29, 1.82) is 0 Å². The zero-order chi connectivity index (χ0) is 13.4. The lowest BCUT2D eigenvalue weighted by Gasteiger charge is -2.05. The number of nitro groups is 1. The number of halogens is 1. The highest BCUT2D eigenvalue weighted by atomic mass is 35.5. The summed E-state index contributed by atoms with van der Waals surface area (Å²) in [7, 11) is 0. The maximum Gasteiger partial charge on any atom is 0.320 e. The Morgan fingerprint density at radius 3 is 2.29 bits per heavy atom. The average Bonchev–Trinajstić information content (AvgIpc) is 2.32. The second-order valence-corrected chi connectivity index (χ2v) is 3.07. The fourth-order valence-corrected chi connectivity index (χ4v) is 1.09. The van der Waals surface area contributed by atoms with E-state index in [0.29, 0.717) is 5.56 Å². The molecule has 0 unspecified atom stereocenters. The number of carboxylic acids is 1. The molecule has 17 heavy (non-hydrogen) atoms. The van der Waals surface area contributed by atoms with Crippen LogP contribution in [0.3, 0.4) is 0 Å². The van der Waals surface area contributed by atoms with Crippen LogP contribution in [0.15, 0.2) is 24.3 Å². The highest BCUT2D eigenvalue weighted by molar-refractivity contribution is 6.15. The number of nitrogens with two attached hydrogens (primary N) is 1. The van der Waals surface area contributed by atoms with Gasteiger partial charge in [-0.1, -0.05) is 12.1 Å². The molecule has 0 aromatic heterocycles. The Hall–Kier alpha value is -1.66. The summed E-state index contributed by atoms with van der Waals surface area (Å²) in [5.74, 6) is -1.09. The predicted molar refractivity (Wildman–Crippen MR) is 64.2 cm³/mol. The standard InChI is InChI=1S/C9H10N2O4.CH3Cl/c10-8(9(12)13)5-6-1-3-7(4-2-6)11(14)15;1-2/h1-4,8H,5,10H2,(H,12,13);1H3/t8-;/m0./s1. The Balaban J connectivity index is 0.00000121. The first-order valence-corrected chi connectivity index (χ1v) is 5.36. The van der Waals surface area contributed by atoms with Crippen molar-refractivity contribution >= 4 is 23.3 Å². The van der Waals surface area contributed by atoms with Crippen LogP contribution in [-0.4, -0.2) is 28.4 Å². The summed E-state index contributed by atoms with van der Waals surface area (Å²) in [5, 5.41) is 18.9. The van der Waals surface area contributed by atoms with Gasteiger partial charge in [-0.15, -0.1) is 11.6 Å². The molecule has 6 nitrogen and oxygen atoms in total. The molecular formula is C10H13ClN2O4. The van der Waals surface area contributed by atoms with Gasteiger partial charge in [-0.3, -0.25) is 14.9 Å². The van der Waals surface area contributed by atoms with Crippen LogP contribution in [0.25, 0.3) is 0 Å². The molecule has 1 aromatic carbocycles. The van der Waals surface area contributed by atoms with E-state index < -0.39 is 16.9 Å². The van der Waals surface area contributed by atoms with Crippen LogP contribution in [0.1, 0.15) is 5.56 Å². The third-order valence-corrected chi connectivity index (χ3v) is 1.92. The molecule has 0 radical (unpaired) electrons. The summed E-state index contributed by atoms with van der Waals surface area (Å²) < 4.78 is 0. The molecule has 1 atom stereocenters. The summed E-state index contributed by atoms with van der Waals surface area (Å²) in [5.41, 5.74) is 5.95. The van der Waals surface area contributed by atoms with E-state index in [0.717, 1.165) is 0 Å². The number of non-ortho nitro benzene ring substituents is 1. The molecule has 1 rings (SSSR count). The number of benzene rings is 1. The Labute approximate surface area is 103 Å². The van der Waals surface area contributed by atoms with Crippen LogP contribution in [-0.2, 0) is 11.2 Å². The third kappa shape index (κ3) is 5.28. The summed E-state index contributed by atoms with van der Waals surface area (Å²) in [6.07, 6.45) is 1.63. The number of alkyl halides is 1. The van der Waals surface area contributed by atoms with E-state index in [2.05, 4.69) is 11.6 Å². The van der Waals surface area contributed by atoms with E-state index in [9.17, 15) is 14.9 Å². The fraction of sp³-hybridized carbons (Fsp3) is 0.300. The number of carbonyl (C=O) groups is 1. The largest absolute Gasteiger partial charge is 0.480 e. The van der Waals surface area contributed by atoms with Crippen molar-refractivity contribution < 1.29 is 14.8 Å². The van der Waals surface area contributed by atoms with Crippen molar-refractivity contribution in [2.75, 3.05) is 6.38 Å². The van der Waals surface area contributed by atoms with Crippen molar-refractivity contribution in [3.8, 4) is 0 Å². The molecule has 0 saturated carbocycles. The molecule has 0 aliphatic rings. The van der Waals surface area contributed by atoms with Crippen LogP contribution >= 0.6 is 11.6 Å². The fourth-order valence-electron chi connectivity index (χ4n) is 1.09. The van der Waals surface area contributed by atoms with E-state index in [1.807, 2.05) is 0 Å². The minimum absolute atomic E-state index is 0.0253. The zero-order valence-electron chi connectivity index (χ0n) is 9.17. The van der Waals surface area contributed by atoms with Crippen LogP contribution in [0, 0.1) is 10.1 Å². The average molecular weight is 261 g/mol. The molecule has 0 amide bonds. The normalized spacial score (nSPS) is 11.0. The van der Waals surface area contributed by atoms with Gasteiger partial charge in [0, 0.05) is 18.5 Å². The number of hydrogen-bond donors (Lipinski definition) is 2. The molecule has 94 valence electrons. The number of nitro benzene ring substituents is 1. The van der Waals surface area contributed by atoms with Gasteiger partial charge in [-0.05, 0) is 12.0 Å². The number of carboxylic acid groups (broad SMARTS) is 1. The molecule has 0 aliphatic heterocycles. The molecule has 3 N–H and O–H groups in total. The molecule has 0 spiro atoms. The van der Waals surface area contributed by atoms with E-state index in [1.165, 1.54) is 30.6 Å². The van der Waals surface area contributed by atoms with Gasteiger partial charge >= 0.3 is 5.97 Å². The third-order valence-electron chi connectivity index (χ3n) is 1.92. The number of nitrogens with zero attached hydrogens (tertiary/aromatic N) is 1. The Bertz CT molecular complexity index is 380. The lowest BCUT2D eigenvalue weighted by atomic mass is 10.1. The maximum atomic E-state index is 10.4. The van der Waals surface area contributed by atoms with Crippen molar-refractivity contribution in [2.24, 2.45) is 5.73 Å². The van der Waals surface area contributed by atoms with Gasteiger partial charge in [0.25, 0.3) is 5.69 Å². The molecule has 1 aromatic rings. The first kappa shape index (κ1) is 15.3. The minimum Gasteiger partial charge on any atom is -0.480 e. The summed E-state index contributed by atoms with van der Waals surface area (Å²) >= 11 is 4.64. The topological polar surface area (TPSA) is 106 Å². The smallest absolute Gasteiger partial charge is 0.320 e. The molecule has 0 heterocycles. The molecule has 0 bridgehead atoms. The second kappa shape index (κ2) is 7.59. The number of hydrogen-bond acceptors (Lipinski definition) is 4. The van der Waals surface area contributed by atoms with E-state index >= 15 is 0 Å². The summed E-state index contributed by atoms with van der Waals surface area (Å²) in [4.78, 5) is 20.3. The Morgan fingerprint density at radius 2 is 1.94 bits per heavy atom. The highest BCUT2D eigenvalue weighted by Gasteiger charge is 2.12. The first-order chi connectivity index (χ1) is 8.00. The van der Waals surface area contributed by atoms with Gasteiger partial charge in [-0.2, -0.15) is 0 Å². The van der Waals surface area contributed by atoms with Crippen molar-refractivity contribution in [3.63, 3.8) is 0 Å². The molecule has 7 heteroatoms. The van der Waals surface area contributed by atoms with Crippen LogP contribution in [0.4, 0.5) is 5.69 Å². The van der Waals surface area contributed by atoms with Crippen LogP contribution in [0.5, 0.6) is 0 Å². The number of aliphatic carboxylic acids is 1. The van der Waals surface area contributed by atoms with Gasteiger partial charge in [-0.25, -0.2) is 0 Å². The predicted octanol–water partition coefficient (Wildman–Crippen LogP) is 1.40. The quantitative estimate of drug-likeness (QED) is 0.483. The lowest BCUT2D eigenvalue weighted by molar-refractivity contribution is -0.384.